The number of carbonyl (C=O) groups is 2. The summed E-state index contributed by atoms with van der Waals surface area (Å²) >= 11 is 0. The minimum Gasteiger partial charge on any atom is -0.406 e. The number of carbonyl (C=O) groups excluding carboxylic acids is 2. The van der Waals surface area contributed by atoms with Gasteiger partial charge in [-0.3, -0.25) is 14.9 Å². The lowest BCUT2D eigenvalue weighted by Gasteiger charge is -2.42. The molecule has 0 saturated carbocycles. The second-order valence-corrected chi connectivity index (χ2v) is 28.5. The average Bonchev–Trinajstić information content (AvgIpc) is 1.56. The first-order valence-electron chi connectivity index (χ1n) is 28.3. The summed E-state index contributed by atoms with van der Waals surface area (Å²) in [5.41, 5.74) is -1.94. The molecule has 0 aliphatic carbocycles. The van der Waals surface area contributed by atoms with Crippen LogP contribution in [0.3, 0.4) is 0 Å². The van der Waals surface area contributed by atoms with Gasteiger partial charge < -0.3 is 33.7 Å². The Morgan fingerprint density at radius 3 is 1.11 bits per heavy atom. The van der Waals surface area contributed by atoms with Crippen LogP contribution in [0.1, 0.15) is 58.3 Å². The fourth-order valence-electron chi connectivity index (χ4n) is 10.0. The fraction of sp³-hybridized carbons (Fsp3) is 0.474. The van der Waals surface area contributed by atoms with Crippen molar-refractivity contribution in [1.82, 2.24) is 27.9 Å². The number of ether oxygens (including phenoxy) is 6. The maximum atomic E-state index is 13.3. The smallest absolute Gasteiger partial charge is 0.406 e. The van der Waals surface area contributed by atoms with Crippen molar-refractivity contribution < 1.29 is 124 Å². The molecule has 6 fully saturated rings. The molecule has 4 aromatic rings. The van der Waals surface area contributed by atoms with E-state index in [-0.39, 0.29) is 106 Å². The number of rotatable bonds is 12. The van der Waals surface area contributed by atoms with Crippen molar-refractivity contribution in [1.29, 1.82) is 0 Å². The minimum absolute atomic E-state index is 0. The summed E-state index contributed by atoms with van der Waals surface area (Å²) in [6, 6.07) is 16.3. The Labute approximate surface area is 551 Å². The number of alkyl halides is 12. The number of hydrogen-bond donors (Lipinski definition) is 2. The first-order valence-corrected chi connectivity index (χ1v) is 34.1. The molecule has 6 saturated heterocycles. The number of hydrogen-bond acceptors (Lipinski definition) is 18. The van der Waals surface area contributed by atoms with E-state index in [4.69, 9.17) is 15.9 Å². The summed E-state index contributed by atoms with van der Waals surface area (Å²) in [5.74, 6) is 4.84. The number of Topliss-reactive ketones (excluding diaryl/α,β-unsaturated/α-hetero) is 2. The number of nitrogens with zero attached hydrogens (tertiary/aromatic N) is 4. The number of halogens is 13. The number of ketones is 2. The summed E-state index contributed by atoms with van der Waals surface area (Å²) in [6.07, 6.45) is -12.7. The quantitative estimate of drug-likeness (QED) is 0.0997. The van der Waals surface area contributed by atoms with Crippen LogP contribution >= 0.6 is 12.4 Å². The Morgan fingerprint density at radius 1 is 0.469 bits per heavy atom. The summed E-state index contributed by atoms with van der Waals surface area (Å²) in [6.45, 7) is 4.69. The zero-order valence-corrected chi connectivity index (χ0v) is 54.4. The van der Waals surface area contributed by atoms with Crippen molar-refractivity contribution >= 4 is 64.1 Å². The zero-order chi connectivity index (χ0) is 70.3. The van der Waals surface area contributed by atoms with Crippen LogP contribution in [-0.4, -0.2) is 178 Å². The van der Waals surface area contributed by atoms with Crippen molar-refractivity contribution in [2.75, 3.05) is 78.7 Å². The maximum Gasteiger partial charge on any atom is 0.573 e. The Kier molecular flexibility index (Phi) is 27.8. The van der Waals surface area contributed by atoms with Gasteiger partial charge in [-0.05, 0) is 67.3 Å². The van der Waals surface area contributed by atoms with Crippen molar-refractivity contribution in [3.63, 3.8) is 0 Å². The van der Waals surface area contributed by atoms with E-state index in [1.54, 1.807) is 6.92 Å². The number of sulfonamides is 4. The zero-order valence-electron chi connectivity index (χ0n) is 50.4. The predicted octanol–water partition coefficient (Wildman–Crippen LogP) is 8.31. The van der Waals surface area contributed by atoms with Gasteiger partial charge in [0.2, 0.25) is 40.1 Å². The second kappa shape index (κ2) is 33.3. The highest BCUT2D eigenvalue weighted by Crippen LogP contribution is 2.41. The van der Waals surface area contributed by atoms with Gasteiger partial charge in [0, 0.05) is 141 Å². The van der Waals surface area contributed by atoms with Crippen LogP contribution in [0.4, 0.5) is 52.7 Å². The second-order valence-electron chi connectivity index (χ2n) is 20.8. The van der Waals surface area contributed by atoms with Crippen LogP contribution in [0.15, 0.2) is 117 Å². The Bertz CT molecular complexity index is 3870. The summed E-state index contributed by atoms with van der Waals surface area (Å²) in [7, 11) is -16.5. The highest BCUT2D eigenvalue weighted by Gasteiger charge is 2.52. The standard InChI is InChI=1S/C21H20F6N2O7S2.C14H17F3N2O4S.C12H12F3NO4S.C5H9NO.C5H4.ClH/c22-20(23,24)35-15-3-1-5-17(13-15)37(30,31)28-9-7-19(8-10-28)29(11-12-34-19)38(32,33)18-6-2-4-16(14-18)36-21(25,26)27;15-14(16,17)23-11-2-1-3-12(10-11)24(20,21)19-7-4-13(5-8-19)18-6-9-22-13;13-12(14,15)20-10-2-1-3-11(8-10)21(18,19)16-6-4-9(17)5-7-16;7-5-1-3-6-4-2-5;1-3-5-4-2;/h1-6,13-14H,7-12H2;1-3,10,18H,4-9H2;1-3,8H,4-7H2;6H,1-4H2;1H,2H3;1H. The molecule has 96 heavy (non-hydrogen) atoms. The van der Waals surface area contributed by atoms with Gasteiger partial charge in [0.25, 0.3) is 0 Å². The molecule has 22 nitrogen and oxygen atoms in total. The third-order valence-electron chi connectivity index (χ3n) is 14.4. The Hall–Kier alpha value is -6.53. The molecule has 0 atom stereocenters. The van der Waals surface area contributed by atoms with Crippen LogP contribution in [-0.2, 0) is 59.2 Å². The van der Waals surface area contributed by atoms with Crippen LogP contribution in [0, 0.1) is 24.2 Å². The normalized spacial score (nSPS) is 18.9. The number of terminal acetylenes is 1. The van der Waals surface area contributed by atoms with Crippen molar-refractivity contribution in [3.8, 4) is 47.2 Å². The van der Waals surface area contributed by atoms with Crippen LogP contribution < -0.4 is 29.6 Å². The maximum absolute atomic E-state index is 13.3. The Balaban J connectivity index is 0.000000247. The molecule has 10 rings (SSSR count). The van der Waals surface area contributed by atoms with E-state index in [9.17, 15) is 95.9 Å². The highest BCUT2D eigenvalue weighted by molar-refractivity contribution is 7.90. The molecule has 6 aliphatic heterocycles. The van der Waals surface area contributed by atoms with E-state index in [0.717, 1.165) is 118 Å². The number of piperidine rings is 4. The molecular formula is C57H63ClF12N6O16S4. The first kappa shape index (κ1) is 80.2. The molecule has 6 aliphatic rings. The number of benzene rings is 4. The third kappa shape index (κ3) is 23.3. The molecule has 2 spiro atoms. The third-order valence-corrected chi connectivity index (χ3v) is 22.0. The Morgan fingerprint density at radius 2 is 0.812 bits per heavy atom. The SMILES string of the molecule is C#CC#CC.Cl.O=C1CCN(S(=O)(=O)c2cccc(OC(F)(F)F)c2)CC1.O=C1CCNCC1.O=S(=O)(c1cccc(OC(F)(F)F)c1)N1CCC2(CC1)NCCO2.O=S(=O)(c1cccc(OC(F)(F)F)c1)N1CCC2(CC1)OCCN2S(=O)(=O)c1cccc(OC(F)(F)F)c1. The molecule has 2 N–H and O–H groups in total. The van der Waals surface area contributed by atoms with Crippen molar-refractivity contribution in [3.05, 3.63) is 97.1 Å². The summed E-state index contributed by atoms with van der Waals surface area (Å²) < 4.78 is 282. The lowest BCUT2D eigenvalue weighted by Crippen LogP contribution is -2.55. The molecular weight excluding hydrogens is 1420 g/mol. The molecule has 532 valence electrons. The van der Waals surface area contributed by atoms with Crippen LogP contribution in [0.25, 0.3) is 0 Å². The van der Waals surface area contributed by atoms with E-state index >= 15 is 0 Å². The monoisotopic (exact) mass is 1480 g/mol. The first-order chi connectivity index (χ1) is 44.2. The van der Waals surface area contributed by atoms with Gasteiger partial charge in [-0.25, -0.2) is 33.7 Å². The average molecular weight is 1480 g/mol. The van der Waals surface area contributed by atoms with Gasteiger partial charge >= 0.3 is 25.4 Å². The topological polar surface area (TPSA) is 263 Å². The lowest BCUT2D eigenvalue weighted by atomic mass is 10.0. The van der Waals surface area contributed by atoms with Crippen LogP contribution in [0.2, 0.25) is 0 Å². The van der Waals surface area contributed by atoms with Crippen molar-refractivity contribution in [2.45, 2.75) is 115 Å². The summed E-state index contributed by atoms with van der Waals surface area (Å²) in [5, 5.41) is 6.32. The molecule has 0 aromatic heterocycles. The predicted molar refractivity (Wildman–Crippen MR) is 317 cm³/mol. The van der Waals surface area contributed by atoms with E-state index in [2.05, 4.69) is 47.3 Å². The molecule has 0 unspecified atom stereocenters. The minimum atomic E-state index is -5.03. The van der Waals surface area contributed by atoms with Gasteiger partial charge in [0.05, 0.1) is 32.8 Å². The lowest BCUT2D eigenvalue weighted by molar-refractivity contribution is -0.275. The van der Waals surface area contributed by atoms with Crippen LogP contribution in [0.5, 0.6) is 23.0 Å². The van der Waals surface area contributed by atoms with E-state index in [1.807, 2.05) is 0 Å². The van der Waals surface area contributed by atoms with E-state index in [0.29, 0.717) is 25.2 Å². The van der Waals surface area contributed by atoms with Gasteiger partial charge in [0.1, 0.15) is 46.0 Å². The van der Waals surface area contributed by atoms with Gasteiger partial charge in [-0.1, -0.05) is 30.2 Å². The largest absolute Gasteiger partial charge is 0.573 e. The molecule has 0 amide bonds. The van der Waals surface area contributed by atoms with Gasteiger partial charge in [-0.15, -0.1) is 71.5 Å². The van der Waals surface area contributed by atoms with Gasteiger partial charge in [-0.2, -0.15) is 17.2 Å². The fourth-order valence-corrected chi connectivity index (χ4v) is 16.2. The highest BCUT2D eigenvalue weighted by atomic mass is 35.5. The molecule has 4 aromatic carbocycles. The van der Waals surface area contributed by atoms with E-state index in [1.165, 1.54) is 28.6 Å². The van der Waals surface area contributed by atoms with Crippen molar-refractivity contribution in [2.24, 2.45) is 0 Å². The molecule has 0 bridgehead atoms. The molecule has 6 heterocycles. The van der Waals surface area contributed by atoms with Gasteiger partial charge in [0.15, 0.2) is 0 Å². The molecule has 0 radical (unpaired) electrons. The number of nitrogens with one attached hydrogen (secondary N) is 2. The molecule has 39 heteroatoms. The van der Waals surface area contributed by atoms with E-state index < -0.39 is 110 Å². The summed E-state index contributed by atoms with van der Waals surface area (Å²) in [4.78, 5) is 20.1.